The molecule has 1 heterocycles. The van der Waals surface area contributed by atoms with Crippen LogP contribution in [-0.2, 0) is 18.3 Å². The number of nitrogens with two attached hydrogens (primary N) is 1. The Hall–Kier alpha value is -1.36. The van der Waals surface area contributed by atoms with Crippen LogP contribution in [-0.4, -0.2) is 22.2 Å². The highest BCUT2D eigenvalue weighted by Crippen LogP contribution is 2.29. The number of hydrogen-bond donors (Lipinski definition) is 2. The number of aromatic nitrogens is 2. The Labute approximate surface area is 127 Å². The number of fused-ring (bicyclic) bond motifs is 1. The van der Waals surface area contributed by atoms with Crippen LogP contribution in [0.2, 0.25) is 0 Å². The lowest BCUT2D eigenvalue weighted by Crippen LogP contribution is -2.31. The van der Waals surface area contributed by atoms with Gasteiger partial charge in [0.2, 0.25) is 5.91 Å². The summed E-state index contributed by atoms with van der Waals surface area (Å²) in [5, 5.41) is 7.51. The van der Waals surface area contributed by atoms with Crippen molar-refractivity contribution in [2.75, 3.05) is 6.54 Å². The number of carbonyl (C=O) groups excluding carboxylic acids is 1. The van der Waals surface area contributed by atoms with Crippen LogP contribution in [0.25, 0.3) is 0 Å². The number of nitrogens with one attached hydrogen (secondary N) is 1. The summed E-state index contributed by atoms with van der Waals surface area (Å²) < 4.78 is 1.93. The summed E-state index contributed by atoms with van der Waals surface area (Å²) in [6, 6.07) is 0.143. The summed E-state index contributed by atoms with van der Waals surface area (Å²) in [6.45, 7) is 2.88. The number of nitrogens with zero attached hydrogens (tertiary/aromatic N) is 2. The number of carbonyl (C=O) groups is 1. The van der Waals surface area contributed by atoms with Crippen molar-refractivity contribution >= 4 is 5.91 Å². The van der Waals surface area contributed by atoms with Crippen molar-refractivity contribution in [2.45, 2.75) is 57.9 Å². The molecule has 0 fully saturated rings. The van der Waals surface area contributed by atoms with Crippen LogP contribution in [0.5, 0.6) is 0 Å². The summed E-state index contributed by atoms with van der Waals surface area (Å²) in [6.07, 6.45) is 8.75. The highest BCUT2D eigenvalue weighted by Gasteiger charge is 2.24. The Kier molecular flexibility index (Phi) is 5.79. The molecule has 0 saturated carbocycles. The predicted molar refractivity (Wildman–Crippen MR) is 83.7 cm³/mol. The molecule has 0 aromatic carbocycles. The topological polar surface area (TPSA) is 72.9 Å². The second-order valence-electron chi connectivity index (χ2n) is 6.07. The molecule has 1 aliphatic carbocycles. The maximum absolute atomic E-state index is 12.2. The molecule has 2 unspecified atom stereocenters. The van der Waals surface area contributed by atoms with E-state index in [0.717, 1.165) is 38.5 Å². The van der Waals surface area contributed by atoms with Crippen molar-refractivity contribution < 1.29 is 4.79 Å². The van der Waals surface area contributed by atoms with Crippen molar-refractivity contribution in [1.29, 1.82) is 0 Å². The first-order valence-corrected chi connectivity index (χ1v) is 8.15. The summed E-state index contributed by atoms with van der Waals surface area (Å²) in [5.41, 5.74) is 8.07. The van der Waals surface area contributed by atoms with E-state index < -0.39 is 0 Å². The van der Waals surface area contributed by atoms with Gasteiger partial charge in [0.05, 0.1) is 12.2 Å². The van der Waals surface area contributed by atoms with Crippen LogP contribution in [0.15, 0.2) is 6.20 Å². The Morgan fingerprint density at radius 1 is 1.57 bits per heavy atom. The maximum Gasteiger partial charge on any atom is 0.220 e. The Balaban J connectivity index is 1.86. The van der Waals surface area contributed by atoms with Crippen molar-refractivity contribution in [3.05, 3.63) is 17.5 Å². The minimum atomic E-state index is 0.143. The highest BCUT2D eigenvalue weighted by atomic mass is 16.1. The third-order valence-electron chi connectivity index (χ3n) is 4.64. The van der Waals surface area contributed by atoms with Gasteiger partial charge in [-0.25, -0.2) is 0 Å². The van der Waals surface area contributed by atoms with Gasteiger partial charge in [0.25, 0.3) is 0 Å². The zero-order valence-electron chi connectivity index (χ0n) is 13.3. The summed E-state index contributed by atoms with van der Waals surface area (Å²) in [4.78, 5) is 12.2. The molecule has 1 amide bonds. The molecule has 0 spiro atoms. The lowest BCUT2D eigenvalue weighted by atomic mass is 9.92. The van der Waals surface area contributed by atoms with E-state index in [1.807, 2.05) is 17.9 Å². The lowest BCUT2D eigenvalue weighted by Gasteiger charge is -2.24. The maximum atomic E-state index is 12.2. The minimum Gasteiger partial charge on any atom is -0.349 e. The number of amides is 1. The van der Waals surface area contributed by atoms with Crippen molar-refractivity contribution in [3.63, 3.8) is 0 Å². The molecule has 118 valence electrons. The fraction of sp³-hybridized carbons (Fsp3) is 0.750. The first-order chi connectivity index (χ1) is 10.2. The number of rotatable bonds is 7. The molecule has 5 heteroatoms. The molecule has 0 radical (unpaired) electrons. The van der Waals surface area contributed by atoms with Gasteiger partial charge in [-0.1, -0.05) is 13.3 Å². The first kappa shape index (κ1) is 16.0. The fourth-order valence-corrected chi connectivity index (χ4v) is 3.25. The molecule has 21 heavy (non-hydrogen) atoms. The van der Waals surface area contributed by atoms with Gasteiger partial charge >= 0.3 is 0 Å². The third-order valence-corrected chi connectivity index (χ3v) is 4.64. The summed E-state index contributed by atoms with van der Waals surface area (Å²) in [7, 11) is 1.97. The van der Waals surface area contributed by atoms with E-state index in [1.54, 1.807) is 0 Å². The average molecular weight is 292 g/mol. The van der Waals surface area contributed by atoms with Gasteiger partial charge in [-0.3, -0.25) is 9.48 Å². The standard InChI is InChI=1S/C16H28N4O/c1-3-12(9-10-17)7-8-16(21)19-14-5-4-6-15-13(14)11-18-20(15)2/h11-12,14H,3-10,17H2,1-2H3,(H,19,21). The molecule has 1 aromatic heterocycles. The molecule has 2 atom stereocenters. The Morgan fingerprint density at radius 2 is 2.38 bits per heavy atom. The van der Waals surface area contributed by atoms with E-state index in [9.17, 15) is 4.79 Å². The highest BCUT2D eigenvalue weighted by molar-refractivity contribution is 5.76. The fourth-order valence-electron chi connectivity index (χ4n) is 3.25. The Bertz CT molecular complexity index is 469. The van der Waals surface area contributed by atoms with Crippen LogP contribution in [0.3, 0.4) is 0 Å². The normalized spacial score (nSPS) is 19.1. The van der Waals surface area contributed by atoms with Crippen LogP contribution in [0.4, 0.5) is 0 Å². The van der Waals surface area contributed by atoms with E-state index in [0.29, 0.717) is 18.9 Å². The van der Waals surface area contributed by atoms with Crippen molar-refractivity contribution in [1.82, 2.24) is 15.1 Å². The first-order valence-electron chi connectivity index (χ1n) is 8.15. The van der Waals surface area contributed by atoms with Crippen molar-refractivity contribution in [3.8, 4) is 0 Å². The Morgan fingerprint density at radius 3 is 3.10 bits per heavy atom. The van der Waals surface area contributed by atoms with Gasteiger partial charge in [-0.15, -0.1) is 0 Å². The SMILES string of the molecule is CCC(CCN)CCC(=O)NC1CCCc2c1cnn2C. The van der Waals surface area contributed by atoms with Crippen LogP contribution in [0.1, 0.15) is 62.7 Å². The molecular formula is C16H28N4O. The third kappa shape index (κ3) is 4.06. The molecule has 3 N–H and O–H groups in total. The minimum absolute atomic E-state index is 0.143. The predicted octanol–water partition coefficient (Wildman–Crippen LogP) is 2.07. The number of hydrogen-bond acceptors (Lipinski definition) is 3. The zero-order valence-corrected chi connectivity index (χ0v) is 13.3. The number of aryl methyl sites for hydroxylation is 1. The second-order valence-corrected chi connectivity index (χ2v) is 6.07. The second kappa shape index (κ2) is 7.59. The van der Waals surface area contributed by atoms with Crippen molar-refractivity contribution in [2.24, 2.45) is 18.7 Å². The molecular weight excluding hydrogens is 264 g/mol. The van der Waals surface area contributed by atoms with Gasteiger partial charge in [-0.2, -0.15) is 5.10 Å². The van der Waals surface area contributed by atoms with Crippen LogP contribution < -0.4 is 11.1 Å². The molecule has 0 saturated heterocycles. The van der Waals surface area contributed by atoms with Gasteiger partial charge in [-0.05, 0) is 44.6 Å². The largest absolute Gasteiger partial charge is 0.349 e. The quantitative estimate of drug-likeness (QED) is 0.808. The van der Waals surface area contributed by atoms with E-state index in [2.05, 4.69) is 17.3 Å². The van der Waals surface area contributed by atoms with Gasteiger partial charge in [0.15, 0.2) is 0 Å². The van der Waals surface area contributed by atoms with Gasteiger partial charge in [0, 0.05) is 24.7 Å². The van der Waals surface area contributed by atoms with E-state index in [-0.39, 0.29) is 11.9 Å². The van der Waals surface area contributed by atoms with E-state index >= 15 is 0 Å². The molecule has 0 bridgehead atoms. The van der Waals surface area contributed by atoms with Gasteiger partial charge < -0.3 is 11.1 Å². The van der Waals surface area contributed by atoms with Gasteiger partial charge in [0.1, 0.15) is 0 Å². The summed E-state index contributed by atoms with van der Waals surface area (Å²) >= 11 is 0. The van der Waals surface area contributed by atoms with E-state index in [1.165, 1.54) is 11.3 Å². The molecule has 0 aliphatic heterocycles. The molecule has 1 aromatic rings. The summed E-state index contributed by atoms with van der Waals surface area (Å²) in [5.74, 6) is 0.730. The molecule has 1 aliphatic rings. The van der Waals surface area contributed by atoms with E-state index in [4.69, 9.17) is 5.73 Å². The van der Waals surface area contributed by atoms with Crippen LogP contribution >= 0.6 is 0 Å². The lowest BCUT2D eigenvalue weighted by molar-refractivity contribution is -0.122. The average Bonchev–Trinajstić information content (AvgIpc) is 2.86. The molecule has 5 nitrogen and oxygen atoms in total. The monoisotopic (exact) mass is 292 g/mol. The van der Waals surface area contributed by atoms with Crippen LogP contribution in [0, 0.1) is 5.92 Å². The zero-order chi connectivity index (χ0) is 15.2. The molecule has 2 rings (SSSR count). The smallest absolute Gasteiger partial charge is 0.220 e.